The lowest BCUT2D eigenvalue weighted by atomic mass is 9.98. The number of nitrogens with zero attached hydrogens (tertiary/aromatic N) is 2. The molecule has 0 aliphatic heterocycles. The maximum atomic E-state index is 13.0. The number of hydrogen-bond acceptors (Lipinski definition) is 2. The summed E-state index contributed by atoms with van der Waals surface area (Å²) in [6, 6.07) is 11.7. The van der Waals surface area contributed by atoms with Crippen LogP contribution in [-0.2, 0) is 6.54 Å². The van der Waals surface area contributed by atoms with E-state index in [1.54, 1.807) is 6.20 Å². The Morgan fingerprint density at radius 2 is 1.87 bits per heavy atom. The van der Waals surface area contributed by atoms with Crippen LogP contribution >= 0.6 is 0 Å². The summed E-state index contributed by atoms with van der Waals surface area (Å²) in [7, 11) is 0. The Labute approximate surface area is 137 Å². The largest absolute Gasteiger partial charge is 0.306 e. The van der Waals surface area contributed by atoms with Gasteiger partial charge in [0.1, 0.15) is 0 Å². The summed E-state index contributed by atoms with van der Waals surface area (Å²) < 4.78 is 1.94. The van der Waals surface area contributed by atoms with Crippen LogP contribution in [0.15, 0.2) is 47.4 Å². The van der Waals surface area contributed by atoms with E-state index in [4.69, 9.17) is 0 Å². The molecule has 1 unspecified atom stereocenters. The molecule has 2 aromatic heterocycles. The maximum absolute atomic E-state index is 13.0. The Hall–Kier alpha value is -2.16. The van der Waals surface area contributed by atoms with Crippen molar-refractivity contribution >= 4 is 21.8 Å². The highest BCUT2D eigenvalue weighted by Gasteiger charge is 2.14. The minimum absolute atomic E-state index is 0.107. The minimum Gasteiger partial charge on any atom is -0.306 e. The summed E-state index contributed by atoms with van der Waals surface area (Å²) in [5.74, 6) is 0.539. The fraction of sp³-hybridized carbons (Fsp3) is 0.400. The highest BCUT2D eigenvalue weighted by molar-refractivity contribution is 6.02. The highest BCUT2D eigenvalue weighted by atomic mass is 16.1. The van der Waals surface area contributed by atoms with E-state index in [1.165, 1.54) is 19.3 Å². The van der Waals surface area contributed by atoms with Crippen LogP contribution in [0.25, 0.3) is 21.8 Å². The third-order valence-electron chi connectivity index (χ3n) is 4.72. The van der Waals surface area contributed by atoms with Gasteiger partial charge < -0.3 is 4.57 Å². The van der Waals surface area contributed by atoms with Gasteiger partial charge in [-0.15, -0.1) is 0 Å². The topological polar surface area (TPSA) is 34.9 Å². The van der Waals surface area contributed by atoms with Gasteiger partial charge >= 0.3 is 0 Å². The Bertz CT molecular complexity index is 866. The van der Waals surface area contributed by atoms with Gasteiger partial charge in [-0.05, 0) is 30.5 Å². The molecule has 3 heteroatoms. The van der Waals surface area contributed by atoms with Gasteiger partial charge in [0.15, 0.2) is 0 Å². The molecule has 3 aromatic rings. The van der Waals surface area contributed by atoms with E-state index < -0.39 is 0 Å². The molecule has 23 heavy (non-hydrogen) atoms. The van der Waals surface area contributed by atoms with Crippen LogP contribution in [0, 0.1) is 5.92 Å². The number of aromatic nitrogens is 2. The number of fused-ring (bicyclic) bond motifs is 3. The molecular formula is C20H24N2O. The van der Waals surface area contributed by atoms with E-state index >= 15 is 0 Å². The molecule has 0 bridgehead atoms. The first-order chi connectivity index (χ1) is 11.3. The molecule has 3 nitrogen and oxygen atoms in total. The second-order valence-electron chi connectivity index (χ2n) is 6.25. The van der Waals surface area contributed by atoms with Crippen molar-refractivity contribution in [3.05, 3.63) is 52.9 Å². The standard InChI is InChI=1S/C20H24N2O/c1-3-5-9-15(4-2)14-22-18-12-8-13-21-19(18)16-10-6-7-11-17(16)20(22)23/h6-8,10-13,15H,3-5,9,14H2,1-2H3. The average Bonchev–Trinajstić information content (AvgIpc) is 2.61. The lowest BCUT2D eigenvalue weighted by molar-refractivity contribution is 0.392. The van der Waals surface area contributed by atoms with Crippen LogP contribution in [0.2, 0.25) is 0 Å². The number of pyridine rings is 2. The average molecular weight is 308 g/mol. The molecule has 0 aliphatic rings. The molecule has 0 amide bonds. The summed E-state index contributed by atoms with van der Waals surface area (Å²) in [4.78, 5) is 17.5. The maximum Gasteiger partial charge on any atom is 0.259 e. The fourth-order valence-corrected chi connectivity index (χ4v) is 3.31. The monoisotopic (exact) mass is 308 g/mol. The quantitative estimate of drug-likeness (QED) is 0.615. The molecule has 2 heterocycles. The Morgan fingerprint density at radius 3 is 2.61 bits per heavy atom. The molecule has 0 fully saturated rings. The van der Waals surface area contributed by atoms with E-state index in [9.17, 15) is 4.79 Å². The van der Waals surface area contributed by atoms with Crippen molar-refractivity contribution in [1.29, 1.82) is 0 Å². The van der Waals surface area contributed by atoms with Gasteiger partial charge in [-0.25, -0.2) is 0 Å². The lowest BCUT2D eigenvalue weighted by Gasteiger charge is -2.19. The summed E-state index contributed by atoms with van der Waals surface area (Å²) >= 11 is 0. The van der Waals surface area contributed by atoms with Gasteiger partial charge in [0.05, 0.1) is 11.0 Å². The van der Waals surface area contributed by atoms with E-state index in [0.717, 1.165) is 34.8 Å². The van der Waals surface area contributed by atoms with Crippen LogP contribution in [-0.4, -0.2) is 9.55 Å². The van der Waals surface area contributed by atoms with E-state index in [-0.39, 0.29) is 5.56 Å². The van der Waals surface area contributed by atoms with Crippen molar-refractivity contribution in [2.24, 2.45) is 5.92 Å². The van der Waals surface area contributed by atoms with Crippen molar-refractivity contribution in [2.75, 3.05) is 0 Å². The van der Waals surface area contributed by atoms with Crippen molar-refractivity contribution in [1.82, 2.24) is 9.55 Å². The zero-order chi connectivity index (χ0) is 16.2. The smallest absolute Gasteiger partial charge is 0.259 e. The number of hydrogen-bond donors (Lipinski definition) is 0. The molecule has 0 radical (unpaired) electrons. The van der Waals surface area contributed by atoms with Crippen LogP contribution in [0.5, 0.6) is 0 Å². The van der Waals surface area contributed by atoms with Crippen molar-refractivity contribution < 1.29 is 0 Å². The molecule has 0 saturated heterocycles. The Morgan fingerprint density at radius 1 is 1.09 bits per heavy atom. The first-order valence-corrected chi connectivity index (χ1v) is 8.62. The fourth-order valence-electron chi connectivity index (χ4n) is 3.31. The zero-order valence-corrected chi connectivity index (χ0v) is 14.0. The van der Waals surface area contributed by atoms with E-state index in [0.29, 0.717) is 5.92 Å². The predicted octanol–water partition coefficient (Wildman–Crippen LogP) is 4.77. The van der Waals surface area contributed by atoms with Gasteiger partial charge in [0.25, 0.3) is 5.56 Å². The number of benzene rings is 1. The molecule has 3 rings (SSSR count). The predicted molar refractivity (Wildman–Crippen MR) is 96.8 cm³/mol. The first-order valence-electron chi connectivity index (χ1n) is 8.62. The Balaban J connectivity index is 2.18. The molecule has 120 valence electrons. The van der Waals surface area contributed by atoms with Gasteiger partial charge in [0.2, 0.25) is 0 Å². The molecular weight excluding hydrogens is 284 g/mol. The summed E-state index contributed by atoms with van der Waals surface area (Å²) in [6.45, 7) is 5.21. The van der Waals surface area contributed by atoms with Gasteiger partial charge in [-0.1, -0.05) is 51.3 Å². The molecule has 1 atom stereocenters. The van der Waals surface area contributed by atoms with Crippen LogP contribution in [0.3, 0.4) is 0 Å². The van der Waals surface area contributed by atoms with Crippen molar-refractivity contribution in [3.8, 4) is 0 Å². The zero-order valence-electron chi connectivity index (χ0n) is 14.0. The molecule has 0 N–H and O–H groups in total. The van der Waals surface area contributed by atoms with Crippen molar-refractivity contribution in [2.45, 2.75) is 46.1 Å². The van der Waals surface area contributed by atoms with Gasteiger partial charge in [-0.2, -0.15) is 0 Å². The number of unbranched alkanes of at least 4 members (excludes halogenated alkanes) is 1. The SMILES string of the molecule is CCCCC(CC)Cn1c(=O)c2ccccc2c2ncccc21. The normalized spacial score (nSPS) is 12.8. The third-order valence-corrected chi connectivity index (χ3v) is 4.72. The Kier molecular flexibility index (Phi) is 4.75. The van der Waals surface area contributed by atoms with Gasteiger partial charge in [-0.3, -0.25) is 9.78 Å². The first kappa shape index (κ1) is 15.7. The van der Waals surface area contributed by atoms with Crippen molar-refractivity contribution in [3.63, 3.8) is 0 Å². The summed E-state index contributed by atoms with van der Waals surface area (Å²) in [5, 5.41) is 1.72. The van der Waals surface area contributed by atoms with E-state index in [2.05, 4.69) is 18.8 Å². The van der Waals surface area contributed by atoms with Crippen LogP contribution < -0.4 is 5.56 Å². The highest BCUT2D eigenvalue weighted by Crippen LogP contribution is 2.22. The van der Waals surface area contributed by atoms with Crippen LogP contribution in [0.4, 0.5) is 0 Å². The molecule has 0 spiro atoms. The second kappa shape index (κ2) is 6.95. The van der Waals surface area contributed by atoms with Crippen LogP contribution in [0.1, 0.15) is 39.5 Å². The van der Waals surface area contributed by atoms with E-state index in [1.807, 2.05) is 41.0 Å². The second-order valence-corrected chi connectivity index (χ2v) is 6.25. The number of rotatable bonds is 6. The molecule has 0 aliphatic carbocycles. The van der Waals surface area contributed by atoms with Gasteiger partial charge in [0, 0.05) is 23.5 Å². The third kappa shape index (κ3) is 3.00. The summed E-state index contributed by atoms with van der Waals surface area (Å²) in [5.41, 5.74) is 1.98. The minimum atomic E-state index is 0.107. The summed E-state index contributed by atoms with van der Waals surface area (Å²) in [6.07, 6.45) is 6.50. The molecule has 1 aromatic carbocycles. The molecule has 0 saturated carbocycles. The lowest BCUT2D eigenvalue weighted by Crippen LogP contribution is -2.25.